The highest BCUT2D eigenvalue weighted by Crippen LogP contribution is 2.33. The molecule has 21 heavy (non-hydrogen) atoms. The second-order valence-corrected chi connectivity index (χ2v) is 7.71. The zero-order chi connectivity index (χ0) is 15.7. The van der Waals surface area contributed by atoms with Crippen LogP contribution in [0.4, 0.5) is 0 Å². The number of sulfonamides is 1. The number of benzene rings is 1. The Bertz CT molecular complexity index is 614. The average Bonchev–Trinajstić information content (AvgIpc) is 2.47. The third kappa shape index (κ3) is 3.11. The normalized spacial score (nSPS) is 19.3. The summed E-state index contributed by atoms with van der Waals surface area (Å²) in [6.07, 6.45) is 1.55. The van der Waals surface area contributed by atoms with Crippen molar-refractivity contribution in [2.45, 2.75) is 38.0 Å². The van der Waals surface area contributed by atoms with Gasteiger partial charge in [0.2, 0.25) is 10.0 Å². The van der Waals surface area contributed by atoms with Crippen LogP contribution in [0, 0.1) is 5.41 Å². The molecule has 5 nitrogen and oxygen atoms in total. The van der Waals surface area contributed by atoms with E-state index in [0.29, 0.717) is 12.8 Å². The lowest BCUT2D eigenvalue weighted by atomic mass is 9.81. The summed E-state index contributed by atoms with van der Waals surface area (Å²) in [5.41, 5.74) is 0.268. The Morgan fingerprint density at radius 3 is 2.19 bits per heavy atom. The first kappa shape index (κ1) is 16.0. The molecule has 1 aromatic rings. The lowest BCUT2D eigenvalue weighted by molar-refractivity contribution is -0.150. The van der Waals surface area contributed by atoms with Crippen LogP contribution < -0.4 is 0 Å². The monoisotopic (exact) mass is 311 g/mol. The Hall–Kier alpha value is -1.40. The number of carboxylic acid groups (broad SMARTS) is 1. The number of hydrogen-bond acceptors (Lipinski definition) is 3. The summed E-state index contributed by atoms with van der Waals surface area (Å²) in [5.74, 6) is -0.855. The van der Waals surface area contributed by atoms with Crippen molar-refractivity contribution in [2.75, 3.05) is 13.1 Å². The van der Waals surface area contributed by atoms with Crippen LogP contribution in [0.3, 0.4) is 0 Å². The number of hydrogen-bond donors (Lipinski definition) is 1. The molecular weight excluding hydrogens is 290 g/mol. The van der Waals surface area contributed by atoms with Crippen LogP contribution in [-0.4, -0.2) is 36.9 Å². The van der Waals surface area contributed by atoms with Crippen molar-refractivity contribution in [3.05, 3.63) is 29.8 Å². The molecule has 1 aromatic carbocycles. The van der Waals surface area contributed by atoms with E-state index in [0.717, 1.165) is 12.0 Å². The number of aryl methyl sites for hydroxylation is 1. The lowest BCUT2D eigenvalue weighted by Crippen LogP contribution is -2.45. The molecule has 2 rings (SSSR count). The van der Waals surface area contributed by atoms with Crippen molar-refractivity contribution < 1.29 is 18.3 Å². The molecule has 0 spiro atoms. The van der Waals surface area contributed by atoms with Gasteiger partial charge < -0.3 is 5.11 Å². The highest BCUT2D eigenvalue weighted by Gasteiger charge is 2.40. The molecule has 1 fully saturated rings. The fraction of sp³-hybridized carbons (Fsp3) is 0.533. The number of rotatable bonds is 4. The minimum Gasteiger partial charge on any atom is -0.481 e. The zero-order valence-electron chi connectivity index (χ0n) is 12.4. The second-order valence-electron chi connectivity index (χ2n) is 5.77. The maximum atomic E-state index is 12.5. The molecule has 116 valence electrons. The molecule has 0 aliphatic carbocycles. The molecule has 0 amide bonds. The van der Waals surface area contributed by atoms with Gasteiger partial charge in [0.25, 0.3) is 0 Å². The van der Waals surface area contributed by atoms with Crippen LogP contribution in [0.5, 0.6) is 0 Å². The summed E-state index contributed by atoms with van der Waals surface area (Å²) in [6, 6.07) is 6.88. The van der Waals surface area contributed by atoms with Gasteiger partial charge in [-0.3, -0.25) is 4.79 Å². The van der Waals surface area contributed by atoms with E-state index in [4.69, 9.17) is 0 Å². The van der Waals surface area contributed by atoms with Gasteiger partial charge in [-0.1, -0.05) is 19.1 Å². The third-order valence-electron chi connectivity index (χ3n) is 4.31. The Kier molecular flexibility index (Phi) is 4.39. The van der Waals surface area contributed by atoms with Gasteiger partial charge in [0.15, 0.2) is 0 Å². The summed E-state index contributed by atoms with van der Waals surface area (Å²) in [6.45, 7) is 4.19. The summed E-state index contributed by atoms with van der Waals surface area (Å²) in [5, 5.41) is 9.19. The van der Waals surface area contributed by atoms with Gasteiger partial charge in [-0.05, 0) is 43.9 Å². The van der Waals surface area contributed by atoms with E-state index in [1.54, 1.807) is 19.1 Å². The van der Waals surface area contributed by atoms with E-state index < -0.39 is 21.4 Å². The molecule has 0 radical (unpaired) electrons. The Labute approximate surface area is 125 Å². The van der Waals surface area contributed by atoms with E-state index >= 15 is 0 Å². The SMILES string of the molecule is CCc1ccc(S(=O)(=O)N2CCC(C)(C(=O)O)CC2)cc1. The summed E-state index contributed by atoms with van der Waals surface area (Å²) in [4.78, 5) is 11.5. The van der Waals surface area contributed by atoms with Gasteiger partial charge in [-0.25, -0.2) is 8.42 Å². The van der Waals surface area contributed by atoms with Crippen LogP contribution in [0.2, 0.25) is 0 Å². The summed E-state index contributed by atoms with van der Waals surface area (Å²) < 4.78 is 26.5. The van der Waals surface area contributed by atoms with Crippen molar-refractivity contribution in [1.29, 1.82) is 0 Å². The molecule has 0 saturated carbocycles. The predicted octanol–water partition coefficient (Wildman–Crippen LogP) is 2.12. The van der Waals surface area contributed by atoms with Gasteiger partial charge >= 0.3 is 5.97 Å². The Morgan fingerprint density at radius 1 is 1.24 bits per heavy atom. The minimum absolute atomic E-state index is 0.251. The largest absolute Gasteiger partial charge is 0.481 e. The van der Waals surface area contributed by atoms with E-state index in [2.05, 4.69) is 0 Å². The fourth-order valence-electron chi connectivity index (χ4n) is 2.48. The van der Waals surface area contributed by atoms with E-state index in [1.165, 1.54) is 4.31 Å². The van der Waals surface area contributed by atoms with Crippen LogP contribution in [0.1, 0.15) is 32.3 Å². The first-order chi connectivity index (χ1) is 9.79. The van der Waals surface area contributed by atoms with Crippen molar-refractivity contribution in [3.63, 3.8) is 0 Å². The summed E-state index contributed by atoms with van der Waals surface area (Å²) >= 11 is 0. The van der Waals surface area contributed by atoms with E-state index in [1.807, 2.05) is 19.1 Å². The standard InChI is InChI=1S/C15H21NO4S/c1-3-12-4-6-13(7-5-12)21(19,20)16-10-8-15(2,9-11-16)14(17)18/h4-7H,3,8-11H2,1-2H3,(H,17,18). The Morgan fingerprint density at radius 2 is 1.76 bits per heavy atom. The molecule has 0 aromatic heterocycles. The number of aliphatic carboxylic acids is 1. The van der Waals surface area contributed by atoms with Crippen LogP contribution in [0.15, 0.2) is 29.2 Å². The van der Waals surface area contributed by atoms with Gasteiger partial charge in [0, 0.05) is 13.1 Å². The highest BCUT2D eigenvalue weighted by molar-refractivity contribution is 7.89. The molecule has 1 saturated heterocycles. The second kappa shape index (κ2) is 5.77. The topological polar surface area (TPSA) is 74.7 Å². The lowest BCUT2D eigenvalue weighted by Gasteiger charge is -2.35. The molecule has 1 N–H and O–H groups in total. The predicted molar refractivity (Wildman–Crippen MR) is 79.6 cm³/mol. The average molecular weight is 311 g/mol. The van der Waals surface area contributed by atoms with Crippen LogP contribution in [0.25, 0.3) is 0 Å². The van der Waals surface area contributed by atoms with Crippen LogP contribution >= 0.6 is 0 Å². The molecule has 1 aliphatic heterocycles. The number of nitrogens with zero attached hydrogens (tertiary/aromatic N) is 1. The van der Waals surface area contributed by atoms with Gasteiger partial charge in [-0.2, -0.15) is 4.31 Å². The zero-order valence-corrected chi connectivity index (χ0v) is 13.2. The van der Waals surface area contributed by atoms with Gasteiger partial charge in [0.1, 0.15) is 0 Å². The van der Waals surface area contributed by atoms with Gasteiger partial charge in [-0.15, -0.1) is 0 Å². The van der Waals surface area contributed by atoms with E-state index in [-0.39, 0.29) is 18.0 Å². The first-order valence-corrected chi connectivity index (χ1v) is 8.56. The Balaban J connectivity index is 2.16. The molecule has 6 heteroatoms. The molecular formula is C15H21NO4S. The third-order valence-corrected chi connectivity index (χ3v) is 6.22. The minimum atomic E-state index is -3.52. The molecule has 0 atom stereocenters. The smallest absolute Gasteiger partial charge is 0.309 e. The van der Waals surface area contributed by atoms with Crippen molar-refractivity contribution in [2.24, 2.45) is 5.41 Å². The molecule has 1 heterocycles. The number of carbonyl (C=O) groups is 1. The number of carboxylic acids is 1. The highest BCUT2D eigenvalue weighted by atomic mass is 32.2. The first-order valence-electron chi connectivity index (χ1n) is 7.12. The van der Waals surface area contributed by atoms with E-state index in [9.17, 15) is 18.3 Å². The number of piperidine rings is 1. The quantitative estimate of drug-likeness (QED) is 0.924. The molecule has 1 aliphatic rings. The fourth-order valence-corrected chi connectivity index (χ4v) is 3.92. The van der Waals surface area contributed by atoms with Crippen molar-refractivity contribution >= 4 is 16.0 Å². The molecule has 0 unspecified atom stereocenters. The maximum absolute atomic E-state index is 12.5. The maximum Gasteiger partial charge on any atom is 0.309 e. The van der Waals surface area contributed by atoms with Gasteiger partial charge in [0.05, 0.1) is 10.3 Å². The molecule has 0 bridgehead atoms. The van der Waals surface area contributed by atoms with Crippen molar-refractivity contribution in [1.82, 2.24) is 4.31 Å². The van der Waals surface area contributed by atoms with Crippen LogP contribution in [-0.2, 0) is 21.2 Å². The van der Waals surface area contributed by atoms with Crippen molar-refractivity contribution in [3.8, 4) is 0 Å². The summed E-state index contributed by atoms with van der Waals surface area (Å²) in [7, 11) is -3.52.